The van der Waals surface area contributed by atoms with Crippen LogP contribution in [0.4, 0.5) is 5.69 Å². The minimum Gasteiger partial charge on any atom is -0.507 e. The summed E-state index contributed by atoms with van der Waals surface area (Å²) in [6.07, 6.45) is 1.43. The Morgan fingerprint density at radius 2 is 2.17 bits per heavy atom. The number of aliphatic imine (C=N–C) groups is 1. The molecule has 23 heavy (non-hydrogen) atoms. The monoisotopic (exact) mass is 332 g/mol. The van der Waals surface area contributed by atoms with Gasteiger partial charge < -0.3 is 15.2 Å². The van der Waals surface area contributed by atoms with Gasteiger partial charge in [0.05, 0.1) is 7.11 Å². The first-order chi connectivity index (χ1) is 11.0. The van der Waals surface area contributed by atoms with Crippen molar-refractivity contribution >= 4 is 29.4 Å². The second-order valence-corrected chi connectivity index (χ2v) is 5.26. The van der Waals surface area contributed by atoms with Crippen LogP contribution in [0.1, 0.15) is 11.1 Å². The van der Waals surface area contributed by atoms with E-state index in [2.05, 4.69) is 10.3 Å². The fourth-order valence-electron chi connectivity index (χ4n) is 1.92. The maximum atomic E-state index is 11.9. The molecular formula is C17H17ClN2O3. The number of amides is 1. The molecule has 0 bridgehead atoms. The maximum Gasteiger partial charge on any atom is 0.246 e. The summed E-state index contributed by atoms with van der Waals surface area (Å²) in [4.78, 5) is 16.0. The molecule has 0 aliphatic heterocycles. The minimum absolute atomic E-state index is 0.0669. The fraction of sp³-hybridized carbons (Fsp3) is 0.176. The van der Waals surface area contributed by atoms with Gasteiger partial charge in [-0.2, -0.15) is 0 Å². The van der Waals surface area contributed by atoms with E-state index in [1.807, 2.05) is 6.92 Å². The van der Waals surface area contributed by atoms with Crippen molar-refractivity contribution in [2.24, 2.45) is 4.99 Å². The summed E-state index contributed by atoms with van der Waals surface area (Å²) >= 11 is 6.01. The van der Waals surface area contributed by atoms with E-state index >= 15 is 0 Å². The first-order valence-electron chi connectivity index (χ1n) is 6.93. The number of aromatic hydroxyl groups is 1. The Labute approximate surface area is 139 Å². The van der Waals surface area contributed by atoms with Gasteiger partial charge in [-0.3, -0.25) is 9.79 Å². The number of hydrogen-bond donors (Lipinski definition) is 2. The predicted octanol–water partition coefficient (Wildman–Crippen LogP) is 3.42. The zero-order chi connectivity index (χ0) is 16.8. The van der Waals surface area contributed by atoms with Gasteiger partial charge in [-0.1, -0.05) is 17.7 Å². The molecule has 0 saturated carbocycles. The normalized spacial score (nSPS) is 10.7. The fourth-order valence-corrected chi connectivity index (χ4v) is 2.10. The van der Waals surface area contributed by atoms with Gasteiger partial charge in [0.1, 0.15) is 18.0 Å². The number of rotatable bonds is 5. The molecule has 6 heteroatoms. The van der Waals surface area contributed by atoms with Gasteiger partial charge in [-0.15, -0.1) is 0 Å². The molecule has 0 spiro atoms. The molecule has 0 aliphatic carbocycles. The van der Waals surface area contributed by atoms with Crippen LogP contribution in [0, 0.1) is 6.92 Å². The number of ether oxygens (including phenoxy) is 1. The standard InChI is InChI=1S/C17H17ClN2O3/c1-11-14(18)4-3-5-15(11)20-17(22)10-19-9-12-8-13(23-2)6-7-16(12)21/h3-9,21H,10H2,1-2H3,(H,20,22). The van der Waals surface area contributed by atoms with Crippen molar-refractivity contribution in [3.8, 4) is 11.5 Å². The highest BCUT2D eigenvalue weighted by molar-refractivity contribution is 6.31. The molecular weight excluding hydrogens is 316 g/mol. The van der Waals surface area contributed by atoms with E-state index in [1.54, 1.807) is 30.3 Å². The lowest BCUT2D eigenvalue weighted by Gasteiger charge is -2.08. The summed E-state index contributed by atoms with van der Waals surface area (Å²) in [5, 5.41) is 13.1. The summed E-state index contributed by atoms with van der Waals surface area (Å²) in [6.45, 7) is 1.76. The number of nitrogens with zero attached hydrogens (tertiary/aromatic N) is 1. The first kappa shape index (κ1) is 16.8. The number of methoxy groups -OCH3 is 1. The Morgan fingerprint density at radius 3 is 2.91 bits per heavy atom. The third kappa shape index (κ3) is 4.47. The van der Waals surface area contributed by atoms with Crippen LogP contribution in [0.25, 0.3) is 0 Å². The lowest BCUT2D eigenvalue weighted by atomic mass is 10.2. The van der Waals surface area contributed by atoms with Crippen molar-refractivity contribution in [1.29, 1.82) is 0 Å². The zero-order valence-electron chi connectivity index (χ0n) is 12.8. The molecule has 2 aromatic carbocycles. The minimum atomic E-state index is -0.269. The van der Waals surface area contributed by atoms with E-state index in [-0.39, 0.29) is 18.2 Å². The number of phenolic OH excluding ortho intramolecular Hbond substituents is 1. The summed E-state index contributed by atoms with van der Waals surface area (Å²) < 4.78 is 5.08. The number of benzene rings is 2. The molecule has 0 atom stereocenters. The average Bonchev–Trinajstić information content (AvgIpc) is 2.53. The van der Waals surface area contributed by atoms with Gasteiger partial charge in [0.25, 0.3) is 0 Å². The van der Waals surface area contributed by atoms with Crippen LogP contribution in [-0.4, -0.2) is 30.9 Å². The molecule has 0 radical (unpaired) electrons. The number of anilines is 1. The molecule has 2 rings (SSSR count). The number of halogens is 1. The Morgan fingerprint density at radius 1 is 1.39 bits per heavy atom. The van der Waals surface area contributed by atoms with Gasteiger partial charge in [-0.25, -0.2) is 0 Å². The number of nitrogens with one attached hydrogen (secondary N) is 1. The molecule has 0 aromatic heterocycles. The third-order valence-corrected chi connectivity index (χ3v) is 3.65. The molecule has 2 N–H and O–H groups in total. The summed E-state index contributed by atoms with van der Waals surface area (Å²) in [6, 6.07) is 10.1. The average molecular weight is 333 g/mol. The molecule has 0 saturated heterocycles. The van der Waals surface area contributed by atoms with E-state index in [0.29, 0.717) is 22.0 Å². The van der Waals surface area contributed by atoms with Crippen LogP contribution in [-0.2, 0) is 4.79 Å². The van der Waals surface area contributed by atoms with Gasteiger partial charge in [0.15, 0.2) is 0 Å². The Bertz CT molecular complexity index is 745. The van der Waals surface area contributed by atoms with Crippen molar-refractivity contribution in [3.63, 3.8) is 0 Å². The highest BCUT2D eigenvalue weighted by atomic mass is 35.5. The highest BCUT2D eigenvalue weighted by Crippen LogP contribution is 2.23. The lowest BCUT2D eigenvalue weighted by Crippen LogP contribution is -2.15. The molecule has 0 heterocycles. The SMILES string of the molecule is COc1ccc(O)c(C=NCC(=O)Nc2cccc(Cl)c2C)c1. The first-order valence-corrected chi connectivity index (χ1v) is 7.31. The van der Waals surface area contributed by atoms with Gasteiger partial charge >= 0.3 is 0 Å². The van der Waals surface area contributed by atoms with Crippen molar-refractivity contribution in [1.82, 2.24) is 0 Å². The summed E-state index contributed by atoms with van der Waals surface area (Å²) in [5.41, 5.74) is 1.94. The topological polar surface area (TPSA) is 70.9 Å². The zero-order valence-corrected chi connectivity index (χ0v) is 13.6. The molecule has 0 unspecified atom stereocenters. The molecule has 0 aliphatic rings. The number of carbonyl (C=O) groups excluding carboxylic acids is 1. The van der Waals surface area contributed by atoms with Crippen LogP contribution < -0.4 is 10.1 Å². The van der Waals surface area contributed by atoms with Crippen molar-refractivity contribution < 1.29 is 14.6 Å². The molecule has 120 valence electrons. The summed E-state index contributed by atoms with van der Waals surface area (Å²) in [5.74, 6) is 0.401. The predicted molar refractivity (Wildman–Crippen MR) is 91.9 cm³/mol. The van der Waals surface area contributed by atoms with Crippen molar-refractivity contribution in [3.05, 3.63) is 52.5 Å². The lowest BCUT2D eigenvalue weighted by molar-refractivity contribution is -0.114. The second-order valence-electron chi connectivity index (χ2n) is 4.86. The van der Waals surface area contributed by atoms with E-state index in [4.69, 9.17) is 16.3 Å². The number of hydrogen-bond acceptors (Lipinski definition) is 4. The quantitative estimate of drug-likeness (QED) is 0.824. The number of phenols is 1. The van der Waals surface area contributed by atoms with Gasteiger partial charge in [0, 0.05) is 22.5 Å². The Balaban J connectivity index is 2.00. The van der Waals surface area contributed by atoms with Crippen LogP contribution in [0.3, 0.4) is 0 Å². The largest absolute Gasteiger partial charge is 0.507 e. The number of carbonyl (C=O) groups is 1. The van der Waals surface area contributed by atoms with E-state index in [9.17, 15) is 9.90 Å². The highest BCUT2D eigenvalue weighted by Gasteiger charge is 2.06. The molecule has 0 fully saturated rings. The van der Waals surface area contributed by atoms with Crippen LogP contribution >= 0.6 is 11.6 Å². The smallest absolute Gasteiger partial charge is 0.246 e. The molecule has 1 amide bonds. The summed E-state index contributed by atoms with van der Waals surface area (Å²) in [7, 11) is 1.54. The third-order valence-electron chi connectivity index (χ3n) is 3.24. The van der Waals surface area contributed by atoms with E-state index in [1.165, 1.54) is 19.4 Å². The maximum absolute atomic E-state index is 11.9. The Kier molecular flexibility index (Phi) is 5.60. The molecule has 5 nitrogen and oxygen atoms in total. The van der Waals surface area contributed by atoms with Crippen LogP contribution in [0.5, 0.6) is 11.5 Å². The van der Waals surface area contributed by atoms with Crippen LogP contribution in [0.2, 0.25) is 5.02 Å². The van der Waals surface area contributed by atoms with Gasteiger partial charge in [-0.05, 0) is 42.8 Å². The van der Waals surface area contributed by atoms with Crippen LogP contribution in [0.15, 0.2) is 41.4 Å². The van der Waals surface area contributed by atoms with E-state index < -0.39 is 0 Å². The van der Waals surface area contributed by atoms with E-state index in [0.717, 1.165) is 5.56 Å². The molecule has 2 aromatic rings. The van der Waals surface area contributed by atoms with Gasteiger partial charge in [0.2, 0.25) is 5.91 Å². The van der Waals surface area contributed by atoms with Crippen molar-refractivity contribution in [2.75, 3.05) is 19.0 Å². The Hall–Kier alpha value is -2.53. The van der Waals surface area contributed by atoms with Crippen molar-refractivity contribution in [2.45, 2.75) is 6.92 Å². The second kappa shape index (κ2) is 7.65.